The number of thioether (sulfide) groups is 1. The van der Waals surface area contributed by atoms with Gasteiger partial charge in [0.2, 0.25) is 0 Å². The molecule has 0 aliphatic carbocycles. The summed E-state index contributed by atoms with van der Waals surface area (Å²) in [6.45, 7) is 7.06. The minimum atomic E-state index is -1.15. The lowest BCUT2D eigenvalue weighted by atomic mass is 9.83. The van der Waals surface area contributed by atoms with Gasteiger partial charge in [-0.05, 0) is 25.0 Å². The lowest BCUT2D eigenvalue weighted by Crippen LogP contribution is -2.43. The van der Waals surface area contributed by atoms with Crippen LogP contribution in [0.15, 0.2) is 25.3 Å². The molecular formula is C12H16O4S-2. The summed E-state index contributed by atoms with van der Waals surface area (Å²) in [5, 5.41) is 21.4. The smallest absolute Gasteiger partial charge is 0.0490 e. The van der Waals surface area contributed by atoms with Gasteiger partial charge in [0.05, 0.1) is 0 Å². The lowest BCUT2D eigenvalue weighted by molar-refractivity contribution is -0.318. The summed E-state index contributed by atoms with van der Waals surface area (Å²) in [4.78, 5) is 21.4. The fourth-order valence-corrected chi connectivity index (χ4v) is 2.60. The van der Waals surface area contributed by atoms with Crippen LogP contribution in [0.4, 0.5) is 0 Å². The van der Waals surface area contributed by atoms with Crippen LogP contribution in [-0.2, 0) is 9.59 Å². The van der Waals surface area contributed by atoms with E-state index in [1.807, 2.05) is 0 Å². The normalized spacial score (nSPS) is 10.8. The Kier molecular flexibility index (Phi) is 7.37. The molecular weight excluding hydrogens is 240 g/mol. The van der Waals surface area contributed by atoms with Crippen molar-refractivity contribution in [3.8, 4) is 0 Å². The van der Waals surface area contributed by atoms with E-state index >= 15 is 0 Å². The Labute approximate surface area is 105 Å². The van der Waals surface area contributed by atoms with Crippen molar-refractivity contribution in [3.63, 3.8) is 0 Å². The van der Waals surface area contributed by atoms with Gasteiger partial charge in [-0.3, -0.25) is 0 Å². The van der Waals surface area contributed by atoms with E-state index in [0.717, 1.165) is 0 Å². The Morgan fingerprint density at radius 1 is 1.18 bits per heavy atom. The van der Waals surface area contributed by atoms with Crippen LogP contribution in [0.25, 0.3) is 0 Å². The summed E-state index contributed by atoms with van der Waals surface area (Å²) >= 11 is 1.26. The maximum atomic E-state index is 11.2. The zero-order chi connectivity index (χ0) is 13.3. The van der Waals surface area contributed by atoms with Gasteiger partial charge < -0.3 is 19.8 Å². The van der Waals surface area contributed by atoms with Crippen molar-refractivity contribution in [2.45, 2.75) is 19.3 Å². The predicted molar refractivity (Wildman–Crippen MR) is 64.0 cm³/mol. The van der Waals surface area contributed by atoms with E-state index in [9.17, 15) is 19.8 Å². The van der Waals surface area contributed by atoms with Crippen molar-refractivity contribution in [1.82, 2.24) is 0 Å². The monoisotopic (exact) mass is 256 g/mol. The van der Waals surface area contributed by atoms with E-state index in [1.165, 1.54) is 23.9 Å². The molecule has 4 nitrogen and oxygen atoms in total. The molecule has 0 aromatic rings. The Bertz CT molecular complexity index is 289. The Balaban J connectivity index is 4.45. The van der Waals surface area contributed by atoms with Crippen molar-refractivity contribution >= 4 is 23.7 Å². The fourth-order valence-electron chi connectivity index (χ4n) is 1.40. The van der Waals surface area contributed by atoms with Gasteiger partial charge in [0.15, 0.2) is 0 Å². The number of carbonyl (C=O) groups excluding carboxylic acids is 2. The highest BCUT2D eigenvalue weighted by Gasteiger charge is 2.28. The van der Waals surface area contributed by atoms with E-state index in [2.05, 4.69) is 13.2 Å². The Morgan fingerprint density at radius 2 is 1.71 bits per heavy atom. The van der Waals surface area contributed by atoms with Crippen molar-refractivity contribution in [1.29, 1.82) is 0 Å². The molecule has 0 aliphatic heterocycles. The summed E-state index contributed by atoms with van der Waals surface area (Å²) in [5.74, 6) is -1.69. The molecule has 0 spiro atoms. The molecule has 0 aromatic carbocycles. The molecule has 0 fully saturated rings. The molecule has 0 bridgehead atoms. The maximum Gasteiger partial charge on any atom is 0.0490 e. The second-order valence-corrected chi connectivity index (χ2v) is 4.83. The second kappa shape index (κ2) is 7.95. The summed E-state index contributed by atoms with van der Waals surface area (Å²) < 4.78 is 0. The van der Waals surface area contributed by atoms with Gasteiger partial charge in [-0.2, -0.15) is 11.8 Å². The van der Waals surface area contributed by atoms with E-state index in [-0.39, 0.29) is 25.0 Å². The quantitative estimate of drug-likeness (QED) is 0.397. The molecule has 0 amide bonds. The van der Waals surface area contributed by atoms with Crippen molar-refractivity contribution in [2.24, 2.45) is 5.41 Å². The molecule has 17 heavy (non-hydrogen) atoms. The summed E-state index contributed by atoms with van der Waals surface area (Å²) in [6, 6.07) is 0. The summed E-state index contributed by atoms with van der Waals surface area (Å²) in [7, 11) is 0. The number of hydrogen-bond donors (Lipinski definition) is 0. The SMILES string of the molecule is C=CCC(CC=C)(CSCCC(=O)[O-])C(=O)[O-]. The van der Waals surface area contributed by atoms with Crippen molar-refractivity contribution < 1.29 is 19.8 Å². The van der Waals surface area contributed by atoms with E-state index in [4.69, 9.17) is 0 Å². The third-order valence-electron chi connectivity index (χ3n) is 2.33. The van der Waals surface area contributed by atoms with Crippen molar-refractivity contribution in [2.75, 3.05) is 11.5 Å². The van der Waals surface area contributed by atoms with Gasteiger partial charge in [0, 0.05) is 23.1 Å². The highest BCUT2D eigenvalue weighted by atomic mass is 32.2. The molecule has 0 aliphatic rings. The van der Waals surface area contributed by atoms with Gasteiger partial charge in [0.1, 0.15) is 0 Å². The first-order valence-corrected chi connectivity index (χ1v) is 6.35. The first-order valence-electron chi connectivity index (χ1n) is 5.19. The van der Waals surface area contributed by atoms with Gasteiger partial charge in [-0.1, -0.05) is 12.2 Å². The van der Waals surface area contributed by atoms with Gasteiger partial charge in [-0.15, -0.1) is 13.2 Å². The number of carbonyl (C=O) groups is 2. The molecule has 96 valence electrons. The van der Waals surface area contributed by atoms with Crippen molar-refractivity contribution in [3.05, 3.63) is 25.3 Å². The van der Waals surface area contributed by atoms with Crippen LogP contribution in [0.5, 0.6) is 0 Å². The summed E-state index contributed by atoms with van der Waals surface area (Å²) in [5.41, 5.74) is -1.04. The second-order valence-electron chi connectivity index (χ2n) is 3.73. The Hall–Kier alpha value is -1.23. The predicted octanol–water partition coefficient (Wildman–Crippen LogP) is -0.252. The zero-order valence-electron chi connectivity index (χ0n) is 9.65. The van der Waals surface area contributed by atoms with Crippen LogP contribution in [0.2, 0.25) is 0 Å². The molecule has 0 rings (SSSR count). The first-order chi connectivity index (χ1) is 7.98. The van der Waals surface area contributed by atoms with Gasteiger partial charge >= 0.3 is 0 Å². The van der Waals surface area contributed by atoms with E-state index in [0.29, 0.717) is 5.75 Å². The first kappa shape index (κ1) is 15.8. The highest BCUT2D eigenvalue weighted by molar-refractivity contribution is 7.99. The summed E-state index contributed by atoms with van der Waals surface area (Å²) in [6.07, 6.45) is 3.52. The molecule has 5 heteroatoms. The minimum absolute atomic E-state index is 0.0873. The van der Waals surface area contributed by atoms with Gasteiger partial charge in [-0.25, -0.2) is 0 Å². The molecule has 0 unspecified atom stereocenters. The van der Waals surface area contributed by atoms with Crippen LogP contribution in [0.1, 0.15) is 19.3 Å². The van der Waals surface area contributed by atoms with Crippen LogP contribution in [0, 0.1) is 5.41 Å². The zero-order valence-corrected chi connectivity index (χ0v) is 10.5. The third kappa shape index (κ3) is 5.58. The molecule has 0 radical (unpaired) electrons. The molecule has 0 saturated carbocycles. The highest BCUT2D eigenvalue weighted by Crippen LogP contribution is 2.31. The fraction of sp³-hybridized carbons (Fsp3) is 0.500. The van der Waals surface area contributed by atoms with Crippen LogP contribution < -0.4 is 10.2 Å². The third-order valence-corrected chi connectivity index (χ3v) is 3.58. The van der Waals surface area contributed by atoms with Crippen LogP contribution >= 0.6 is 11.8 Å². The number of rotatable bonds is 10. The minimum Gasteiger partial charge on any atom is -0.550 e. The topological polar surface area (TPSA) is 80.3 Å². The standard InChI is InChI=1S/C12H18O4S/c1-3-6-12(7-4-2,11(15)16)9-17-8-5-10(13)14/h3-4H,1-2,5-9H2,(H,13,14)(H,15,16)/p-2. The van der Waals surface area contributed by atoms with Crippen LogP contribution in [-0.4, -0.2) is 23.4 Å². The molecule has 0 N–H and O–H groups in total. The number of hydrogen-bond acceptors (Lipinski definition) is 5. The van der Waals surface area contributed by atoms with Gasteiger partial charge in [0.25, 0.3) is 0 Å². The maximum absolute atomic E-state index is 11.2. The van der Waals surface area contributed by atoms with E-state index < -0.39 is 17.4 Å². The number of aliphatic carboxylic acids is 2. The number of allylic oxidation sites excluding steroid dienone is 2. The Morgan fingerprint density at radius 3 is 2.06 bits per heavy atom. The average molecular weight is 256 g/mol. The lowest BCUT2D eigenvalue weighted by Gasteiger charge is -2.32. The molecule has 0 aromatic heterocycles. The van der Waals surface area contributed by atoms with Crippen LogP contribution in [0.3, 0.4) is 0 Å². The largest absolute Gasteiger partial charge is 0.550 e. The van der Waals surface area contributed by atoms with E-state index in [1.54, 1.807) is 0 Å². The number of carboxylic acid groups (broad SMARTS) is 2. The number of carboxylic acids is 2. The molecule has 0 saturated heterocycles. The molecule has 0 atom stereocenters. The molecule has 0 heterocycles. The average Bonchev–Trinajstić information content (AvgIpc) is 2.24.